The van der Waals surface area contributed by atoms with Gasteiger partial charge < -0.3 is 10.2 Å². The molecule has 5 heteroatoms. The molecular weight excluding hydrogens is 330 g/mol. The smallest absolute Gasteiger partial charge is 0.252 e. The number of hydrogen-bond acceptors (Lipinski definition) is 4. The highest BCUT2D eigenvalue weighted by Crippen LogP contribution is 2.29. The fraction of sp³-hybridized carbons (Fsp3) is 0.300. The van der Waals surface area contributed by atoms with Crippen LogP contribution in [-0.4, -0.2) is 43.0 Å². The zero-order valence-corrected chi connectivity index (χ0v) is 15.7. The van der Waals surface area contributed by atoms with Gasteiger partial charge >= 0.3 is 0 Å². The van der Waals surface area contributed by atoms with E-state index in [0.29, 0.717) is 12.1 Å². The molecule has 0 saturated carbocycles. The number of carbonyl (C=O) groups excluding carboxylic acids is 1. The molecule has 0 aliphatic heterocycles. The molecule has 3 aromatic rings. The maximum absolute atomic E-state index is 12.7. The lowest BCUT2D eigenvalue weighted by molar-refractivity contribution is 0.0954. The molecule has 2 heterocycles. The Hall–Kier alpha value is -2.24. The van der Waals surface area contributed by atoms with Gasteiger partial charge in [-0.05, 0) is 58.3 Å². The van der Waals surface area contributed by atoms with Crippen molar-refractivity contribution in [1.82, 2.24) is 15.2 Å². The molecule has 0 aliphatic rings. The first-order valence-corrected chi connectivity index (χ1v) is 9.26. The van der Waals surface area contributed by atoms with Crippen molar-refractivity contribution in [3.63, 3.8) is 0 Å². The van der Waals surface area contributed by atoms with Crippen LogP contribution in [0, 0.1) is 6.92 Å². The summed E-state index contributed by atoms with van der Waals surface area (Å²) < 4.78 is 0. The van der Waals surface area contributed by atoms with Crippen molar-refractivity contribution < 1.29 is 4.79 Å². The molecule has 0 atom stereocenters. The minimum absolute atomic E-state index is 0.0353. The summed E-state index contributed by atoms with van der Waals surface area (Å²) in [5.41, 5.74) is 2.40. The molecule has 1 aromatic carbocycles. The Kier molecular flexibility index (Phi) is 5.46. The summed E-state index contributed by atoms with van der Waals surface area (Å²) in [6.45, 7) is 3.70. The van der Waals surface area contributed by atoms with Crippen LogP contribution in [-0.2, 0) is 0 Å². The predicted octanol–water partition coefficient (Wildman–Crippen LogP) is 3.95. The molecule has 0 saturated heterocycles. The summed E-state index contributed by atoms with van der Waals surface area (Å²) in [4.78, 5) is 21.9. The number of rotatable bonds is 6. The number of aryl methyl sites for hydroxylation is 1. The Morgan fingerprint density at radius 1 is 1.20 bits per heavy atom. The van der Waals surface area contributed by atoms with Gasteiger partial charge in [-0.3, -0.25) is 4.79 Å². The van der Waals surface area contributed by atoms with Gasteiger partial charge in [-0.25, -0.2) is 4.98 Å². The molecule has 1 amide bonds. The van der Waals surface area contributed by atoms with Crippen LogP contribution in [0.15, 0.2) is 42.5 Å². The molecule has 130 valence electrons. The van der Waals surface area contributed by atoms with Gasteiger partial charge in [0.05, 0.1) is 21.7 Å². The molecule has 0 fully saturated rings. The lowest BCUT2D eigenvalue weighted by Crippen LogP contribution is -2.27. The first kappa shape index (κ1) is 17.6. The average Bonchev–Trinajstić information content (AvgIpc) is 3.04. The topological polar surface area (TPSA) is 45.2 Å². The van der Waals surface area contributed by atoms with Crippen molar-refractivity contribution in [2.24, 2.45) is 0 Å². The van der Waals surface area contributed by atoms with E-state index in [1.807, 2.05) is 44.4 Å². The predicted molar refractivity (Wildman–Crippen MR) is 105 cm³/mol. The van der Waals surface area contributed by atoms with Crippen molar-refractivity contribution in [1.29, 1.82) is 0 Å². The number of carbonyl (C=O) groups is 1. The van der Waals surface area contributed by atoms with Crippen molar-refractivity contribution in [3.05, 3.63) is 52.9 Å². The fourth-order valence-electron chi connectivity index (χ4n) is 2.75. The molecular formula is C20H23N3OS. The summed E-state index contributed by atoms with van der Waals surface area (Å²) in [5, 5.41) is 3.93. The van der Waals surface area contributed by atoms with Crippen molar-refractivity contribution in [3.8, 4) is 10.6 Å². The second kappa shape index (κ2) is 7.76. The maximum Gasteiger partial charge on any atom is 0.252 e. The van der Waals surface area contributed by atoms with Gasteiger partial charge in [0.25, 0.3) is 5.91 Å². The van der Waals surface area contributed by atoms with Gasteiger partial charge in [0.1, 0.15) is 0 Å². The monoisotopic (exact) mass is 353 g/mol. The number of nitrogens with one attached hydrogen (secondary N) is 1. The van der Waals surface area contributed by atoms with E-state index in [4.69, 9.17) is 4.98 Å². The third-order valence-electron chi connectivity index (χ3n) is 4.02. The normalized spacial score (nSPS) is 11.2. The second-order valence-corrected chi connectivity index (χ2v) is 7.68. The van der Waals surface area contributed by atoms with Crippen LogP contribution in [0.25, 0.3) is 21.5 Å². The quantitative estimate of drug-likeness (QED) is 0.683. The number of hydrogen-bond donors (Lipinski definition) is 1. The van der Waals surface area contributed by atoms with E-state index in [0.717, 1.165) is 34.4 Å². The van der Waals surface area contributed by atoms with Crippen LogP contribution >= 0.6 is 11.3 Å². The first-order valence-electron chi connectivity index (χ1n) is 8.44. The maximum atomic E-state index is 12.7. The molecule has 25 heavy (non-hydrogen) atoms. The van der Waals surface area contributed by atoms with Crippen molar-refractivity contribution >= 4 is 28.1 Å². The largest absolute Gasteiger partial charge is 0.352 e. The van der Waals surface area contributed by atoms with E-state index < -0.39 is 0 Å². The Morgan fingerprint density at radius 2 is 2.00 bits per heavy atom. The zero-order valence-electron chi connectivity index (χ0n) is 14.9. The zero-order chi connectivity index (χ0) is 17.8. The molecule has 2 aromatic heterocycles. The van der Waals surface area contributed by atoms with E-state index in [2.05, 4.69) is 29.3 Å². The van der Waals surface area contributed by atoms with Crippen LogP contribution < -0.4 is 5.32 Å². The Balaban J connectivity index is 1.91. The van der Waals surface area contributed by atoms with E-state index in [1.54, 1.807) is 11.3 Å². The molecule has 3 rings (SSSR count). The van der Waals surface area contributed by atoms with Gasteiger partial charge in [-0.15, -0.1) is 11.3 Å². The highest BCUT2D eigenvalue weighted by atomic mass is 32.1. The van der Waals surface area contributed by atoms with Crippen LogP contribution in [0.5, 0.6) is 0 Å². The average molecular weight is 353 g/mol. The summed E-state index contributed by atoms with van der Waals surface area (Å²) >= 11 is 1.69. The van der Waals surface area contributed by atoms with Gasteiger partial charge in [-0.2, -0.15) is 0 Å². The van der Waals surface area contributed by atoms with E-state index in [9.17, 15) is 4.79 Å². The molecule has 0 spiro atoms. The van der Waals surface area contributed by atoms with Crippen LogP contribution in [0.3, 0.4) is 0 Å². The number of amides is 1. The highest BCUT2D eigenvalue weighted by molar-refractivity contribution is 7.15. The number of fused-ring (bicyclic) bond motifs is 1. The number of pyridine rings is 1. The summed E-state index contributed by atoms with van der Waals surface area (Å²) in [7, 11) is 4.07. The Bertz CT molecular complexity index is 886. The summed E-state index contributed by atoms with van der Waals surface area (Å²) in [5.74, 6) is -0.0353. The number of thiophene rings is 1. The van der Waals surface area contributed by atoms with Gasteiger partial charge in [0, 0.05) is 16.8 Å². The van der Waals surface area contributed by atoms with E-state index >= 15 is 0 Å². The van der Waals surface area contributed by atoms with E-state index in [1.165, 1.54) is 4.88 Å². The molecule has 1 N–H and O–H groups in total. The van der Waals surface area contributed by atoms with Gasteiger partial charge in [-0.1, -0.05) is 18.2 Å². The second-order valence-electron chi connectivity index (χ2n) is 6.40. The van der Waals surface area contributed by atoms with E-state index in [-0.39, 0.29) is 5.91 Å². The number of nitrogens with zero attached hydrogens (tertiary/aromatic N) is 2. The van der Waals surface area contributed by atoms with Crippen LogP contribution in [0.2, 0.25) is 0 Å². The molecule has 0 bridgehead atoms. The lowest BCUT2D eigenvalue weighted by atomic mass is 10.1. The summed E-state index contributed by atoms with van der Waals surface area (Å²) in [6, 6.07) is 13.9. The minimum Gasteiger partial charge on any atom is -0.352 e. The highest BCUT2D eigenvalue weighted by Gasteiger charge is 2.14. The number of aromatic nitrogens is 1. The van der Waals surface area contributed by atoms with Crippen molar-refractivity contribution in [2.45, 2.75) is 13.3 Å². The Morgan fingerprint density at radius 3 is 2.72 bits per heavy atom. The first-order chi connectivity index (χ1) is 12.0. The standard InChI is InChI=1S/C20H23N3OS/c1-14-9-10-19(25-14)18-13-16(15-7-4-5-8-17(15)22-18)20(24)21-11-6-12-23(2)3/h4-5,7-10,13H,6,11-12H2,1-3H3,(H,21,24). The lowest BCUT2D eigenvalue weighted by Gasteiger charge is -2.12. The minimum atomic E-state index is -0.0353. The number of para-hydroxylation sites is 1. The SMILES string of the molecule is Cc1ccc(-c2cc(C(=O)NCCCN(C)C)c3ccccc3n2)s1. The molecule has 0 unspecified atom stereocenters. The molecule has 0 aliphatic carbocycles. The summed E-state index contributed by atoms with van der Waals surface area (Å²) in [6.07, 6.45) is 0.929. The third kappa shape index (κ3) is 4.24. The van der Waals surface area contributed by atoms with Gasteiger partial charge in [0.2, 0.25) is 0 Å². The van der Waals surface area contributed by atoms with Crippen LogP contribution in [0.4, 0.5) is 0 Å². The third-order valence-corrected chi connectivity index (χ3v) is 5.04. The van der Waals surface area contributed by atoms with Crippen molar-refractivity contribution in [2.75, 3.05) is 27.2 Å². The van der Waals surface area contributed by atoms with Crippen LogP contribution in [0.1, 0.15) is 21.7 Å². The molecule has 4 nitrogen and oxygen atoms in total. The fourth-order valence-corrected chi connectivity index (χ4v) is 3.58. The molecule has 0 radical (unpaired) electrons. The number of benzene rings is 1. The Labute approximate surface area is 152 Å². The van der Waals surface area contributed by atoms with Gasteiger partial charge in [0.15, 0.2) is 0 Å².